The Kier molecular flexibility index (Phi) is 5.73. The predicted octanol–water partition coefficient (Wildman–Crippen LogP) is 1.84. The number of hydrazine groups is 1. The Hall–Kier alpha value is -2.90. The minimum Gasteiger partial charge on any atom is -0.497 e. The number of carbonyl (C=O) groups is 3. The van der Waals surface area contributed by atoms with Crippen molar-refractivity contribution in [1.29, 1.82) is 0 Å². The third-order valence-electron chi connectivity index (χ3n) is 4.14. The van der Waals surface area contributed by atoms with Crippen LogP contribution in [0.1, 0.15) is 12.0 Å². The molecule has 1 saturated heterocycles. The van der Waals surface area contributed by atoms with Gasteiger partial charge in [0.25, 0.3) is 5.91 Å². The summed E-state index contributed by atoms with van der Waals surface area (Å²) in [7, 11) is 1.57. The van der Waals surface area contributed by atoms with Gasteiger partial charge in [-0.25, -0.2) is 10.3 Å². The van der Waals surface area contributed by atoms with Crippen molar-refractivity contribution in [3.05, 3.63) is 59.1 Å². The van der Waals surface area contributed by atoms with Crippen molar-refractivity contribution >= 4 is 35.0 Å². The van der Waals surface area contributed by atoms with Crippen LogP contribution in [0.4, 0.5) is 5.69 Å². The fourth-order valence-corrected chi connectivity index (χ4v) is 2.87. The van der Waals surface area contributed by atoms with Gasteiger partial charge in [-0.15, -0.1) is 0 Å². The Morgan fingerprint density at radius 2 is 1.81 bits per heavy atom. The lowest BCUT2D eigenvalue weighted by Crippen LogP contribution is -2.48. The number of ether oxygens (including phenoxy) is 1. The lowest BCUT2D eigenvalue weighted by atomic mass is 10.1. The summed E-state index contributed by atoms with van der Waals surface area (Å²) < 4.78 is 5.07. The van der Waals surface area contributed by atoms with Crippen LogP contribution in [-0.4, -0.2) is 30.9 Å². The lowest BCUT2D eigenvalue weighted by Gasteiger charge is -2.16. The largest absolute Gasteiger partial charge is 0.497 e. The van der Waals surface area contributed by atoms with Crippen molar-refractivity contribution in [2.45, 2.75) is 18.9 Å². The number of rotatable bonds is 6. The number of nitrogens with zero attached hydrogens (tertiary/aromatic N) is 1. The highest BCUT2D eigenvalue weighted by molar-refractivity contribution is 6.30. The summed E-state index contributed by atoms with van der Waals surface area (Å²) in [4.78, 5) is 37.8. The number of anilines is 1. The molecule has 0 unspecified atom stereocenters. The Balaban J connectivity index is 1.56. The summed E-state index contributed by atoms with van der Waals surface area (Å²) in [6.45, 7) is 0. The zero-order valence-corrected chi connectivity index (χ0v) is 15.3. The highest BCUT2D eigenvalue weighted by Crippen LogP contribution is 2.24. The molecule has 1 atom stereocenters. The van der Waals surface area contributed by atoms with Crippen LogP contribution in [0, 0.1) is 0 Å². The van der Waals surface area contributed by atoms with Gasteiger partial charge in [0.15, 0.2) is 0 Å². The minimum atomic E-state index is -0.812. The smallest absolute Gasteiger partial charge is 0.253 e. The normalized spacial score (nSPS) is 16.5. The van der Waals surface area contributed by atoms with E-state index in [2.05, 4.69) is 10.9 Å². The molecule has 7 nitrogen and oxygen atoms in total. The van der Waals surface area contributed by atoms with Crippen molar-refractivity contribution in [2.75, 3.05) is 12.0 Å². The van der Waals surface area contributed by atoms with Gasteiger partial charge in [0.1, 0.15) is 11.8 Å². The second-order valence-corrected chi connectivity index (χ2v) is 6.45. The summed E-state index contributed by atoms with van der Waals surface area (Å²) in [5.41, 5.74) is 6.39. The number of hydrogen-bond donors (Lipinski definition) is 2. The number of halogens is 1. The van der Waals surface area contributed by atoms with Gasteiger partial charge in [-0.3, -0.25) is 19.8 Å². The standard InChI is InChI=1S/C19H18ClN3O4/c1-27-15-8-2-12(3-9-15)10-17(24)22-21-16-11-18(25)23(19(16)26)14-6-4-13(20)5-7-14/h2-9,16,21H,10-11H2,1H3,(H,22,24)/t16-/m1/s1. The maximum Gasteiger partial charge on any atom is 0.253 e. The molecule has 0 aliphatic carbocycles. The Morgan fingerprint density at radius 1 is 1.15 bits per heavy atom. The molecule has 1 fully saturated rings. The van der Waals surface area contributed by atoms with Crippen LogP contribution < -0.4 is 20.5 Å². The van der Waals surface area contributed by atoms with Gasteiger partial charge >= 0.3 is 0 Å². The molecule has 3 rings (SSSR count). The van der Waals surface area contributed by atoms with E-state index in [-0.39, 0.29) is 24.7 Å². The topological polar surface area (TPSA) is 87.7 Å². The zero-order chi connectivity index (χ0) is 19.4. The van der Waals surface area contributed by atoms with Crippen LogP contribution in [0.25, 0.3) is 0 Å². The average Bonchev–Trinajstić information content (AvgIpc) is 2.95. The van der Waals surface area contributed by atoms with Crippen LogP contribution in [0.5, 0.6) is 5.75 Å². The predicted molar refractivity (Wildman–Crippen MR) is 100 cm³/mol. The number of carbonyl (C=O) groups excluding carboxylic acids is 3. The first-order valence-electron chi connectivity index (χ1n) is 8.27. The molecule has 140 valence electrons. The van der Waals surface area contributed by atoms with Crippen molar-refractivity contribution in [3.8, 4) is 5.75 Å². The van der Waals surface area contributed by atoms with Gasteiger partial charge in [-0.1, -0.05) is 23.7 Å². The van der Waals surface area contributed by atoms with Gasteiger partial charge < -0.3 is 4.74 Å². The number of amides is 3. The molecule has 2 N–H and O–H groups in total. The van der Waals surface area contributed by atoms with Crippen LogP contribution >= 0.6 is 11.6 Å². The number of hydrogen-bond acceptors (Lipinski definition) is 5. The number of benzene rings is 2. The fraction of sp³-hybridized carbons (Fsp3) is 0.211. The monoisotopic (exact) mass is 387 g/mol. The van der Waals surface area contributed by atoms with Crippen molar-refractivity contribution in [1.82, 2.24) is 10.9 Å². The van der Waals surface area contributed by atoms with Crippen molar-refractivity contribution in [2.24, 2.45) is 0 Å². The van der Waals surface area contributed by atoms with E-state index in [1.807, 2.05) is 0 Å². The van der Waals surface area contributed by atoms with Crippen LogP contribution in [0.2, 0.25) is 5.02 Å². The second-order valence-electron chi connectivity index (χ2n) is 6.02. The quantitative estimate of drug-likeness (QED) is 0.583. The number of methoxy groups -OCH3 is 1. The molecule has 8 heteroatoms. The number of imide groups is 1. The number of nitrogens with one attached hydrogen (secondary N) is 2. The highest BCUT2D eigenvalue weighted by atomic mass is 35.5. The molecule has 2 aromatic carbocycles. The summed E-state index contributed by atoms with van der Waals surface area (Å²) in [5.74, 6) is -0.378. The van der Waals surface area contributed by atoms with Crippen LogP contribution in [0.3, 0.4) is 0 Å². The highest BCUT2D eigenvalue weighted by Gasteiger charge is 2.39. The minimum absolute atomic E-state index is 0.0374. The van der Waals surface area contributed by atoms with E-state index >= 15 is 0 Å². The van der Waals surface area contributed by atoms with E-state index in [9.17, 15) is 14.4 Å². The fourth-order valence-electron chi connectivity index (χ4n) is 2.75. The lowest BCUT2D eigenvalue weighted by molar-refractivity contribution is -0.122. The molecule has 0 saturated carbocycles. The zero-order valence-electron chi connectivity index (χ0n) is 14.6. The molecule has 2 aromatic rings. The molecule has 1 aliphatic rings. The van der Waals surface area contributed by atoms with Gasteiger partial charge in [-0.2, -0.15) is 0 Å². The van der Waals surface area contributed by atoms with Gasteiger partial charge in [-0.05, 0) is 42.0 Å². The Morgan fingerprint density at radius 3 is 2.44 bits per heavy atom. The molecular formula is C19H18ClN3O4. The summed E-state index contributed by atoms with van der Waals surface area (Å²) in [6.07, 6.45) is 0.0943. The Bertz CT molecular complexity index is 852. The SMILES string of the molecule is COc1ccc(CC(=O)NN[C@@H]2CC(=O)N(c3ccc(Cl)cc3)C2=O)cc1. The van der Waals surface area contributed by atoms with Gasteiger partial charge in [0, 0.05) is 5.02 Å². The molecule has 0 bridgehead atoms. The molecule has 27 heavy (non-hydrogen) atoms. The van der Waals surface area contributed by atoms with E-state index in [1.165, 1.54) is 0 Å². The molecule has 3 amide bonds. The van der Waals surface area contributed by atoms with Crippen LogP contribution in [-0.2, 0) is 20.8 Å². The average molecular weight is 388 g/mol. The van der Waals surface area contributed by atoms with E-state index < -0.39 is 11.9 Å². The summed E-state index contributed by atoms with van der Waals surface area (Å²) in [6, 6.07) is 12.7. The van der Waals surface area contributed by atoms with Crippen molar-refractivity contribution < 1.29 is 19.1 Å². The van der Waals surface area contributed by atoms with E-state index in [4.69, 9.17) is 16.3 Å². The second kappa shape index (κ2) is 8.20. The van der Waals surface area contributed by atoms with E-state index in [0.717, 1.165) is 10.5 Å². The van der Waals surface area contributed by atoms with Crippen molar-refractivity contribution in [3.63, 3.8) is 0 Å². The van der Waals surface area contributed by atoms with E-state index in [1.54, 1.807) is 55.6 Å². The third-order valence-corrected chi connectivity index (χ3v) is 4.39. The molecule has 0 aromatic heterocycles. The molecule has 1 heterocycles. The first kappa shape index (κ1) is 18.9. The first-order chi connectivity index (χ1) is 13.0. The summed E-state index contributed by atoms with van der Waals surface area (Å²) >= 11 is 5.83. The maximum absolute atomic E-state index is 12.5. The molecular weight excluding hydrogens is 370 g/mol. The molecule has 1 aliphatic heterocycles. The third kappa shape index (κ3) is 4.45. The maximum atomic E-state index is 12.5. The first-order valence-corrected chi connectivity index (χ1v) is 8.65. The molecule has 0 spiro atoms. The molecule has 0 radical (unpaired) electrons. The summed E-state index contributed by atoms with van der Waals surface area (Å²) in [5, 5.41) is 0.512. The van der Waals surface area contributed by atoms with E-state index in [0.29, 0.717) is 16.5 Å². The van der Waals surface area contributed by atoms with Gasteiger partial charge in [0.2, 0.25) is 11.8 Å². The van der Waals surface area contributed by atoms with Crippen LogP contribution in [0.15, 0.2) is 48.5 Å². The Labute approximate surface area is 161 Å². The van der Waals surface area contributed by atoms with Gasteiger partial charge in [0.05, 0.1) is 25.6 Å².